The van der Waals surface area contributed by atoms with Gasteiger partial charge < -0.3 is 29.2 Å². The van der Waals surface area contributed by atoms with Crippen molar-refractivity contribution < 1.29 is 33.3 Å². The summed E-state index contributed by atoms with van der Waals surface area (Å²) in [6.07, 6.45) is 0.702. The van der Waals surface area contributed by atoms with E-state index in [0.29, 0.717) is 29.2 Å². The first kappa shape index (κ1) is 28.1. The maximum absolute atomic E-state index is 12.6. The van der Waals surface area contributed by atoms with Gasteiger partial charge in [0.05, 0.1) is 38.7 Å². The Labute approximate surface area is 230 Å². The number of carbonyl (C=O) groups excluding carboxylic acids is 3. The van der Waals surface area contributed by atoms with Gasteiger partial charge in [-0.1, -0.05) is 18.2 Å². The van der Waals surface area contributed by atoms with Gasteiger partial charge in [-0.25, -0.2) is 0 Å². The van der Waals surface area contributed by atoms with Crippen LogP contribution in [0.2, 0.25) is 0 Å². The van der Waals surface area contributed by atoms with Crippen molar-refractivity contribution in [2.75, 3.05) is 27.4 Å². The number of nitrogens with two attached hydrogens (primary N) is 1. The molecule has 4 rings (SSSR count). The molecule has 0 aliphatic rings. The van der Waals surface area contributed by atoms with Gasteiger partial charge in [0.2, 0.25) is 0 Å². The first-order chi connectivity index (χ1) is 18.8. The molecule has 0 aliphatic heterocycles. The molecule has 0 amide bonds. The summed E-state index contributed by atoms with van der Waals surface area (Å²) in [5.74, 6) is 0.0529. The molecule has 0 saturated carbocycles. The molecule has 2 N–H and O–H groups in total. The Morgan fingerprint density at radius 3 is 2.38 bits per heavy atom. The van der Waals surface area contributed by atoms with Gasteiger partial charge in [-0.2, -0.15) is 0 Å². The lowest BCUT2D eigenvalue weighted by Gasteiger charge is -2.12. The van der Waals surface area contributed by atoms with Gasteiger partial charge in [-0.05, 0) is 35.0 Å². The summed E-state index contributed by atoms with van der Waals surface area (Å²) in [5, 5.41) is 1.96. The van der Waals surface area contributed by atoms with Crippen molar-refractivity contribution in [3.63, 3.8) is 0 Å². The van der Waals surface area contributed by atoms with E-state index in [0.717, 1.165) is 26.7 Å². The number of carbonyl (C=O) groups is 3. The number of para-hydroxylation sites is 1. The van der Waals surface area contributed by atoms with Gasteiger partial charge in [0.15, 0.2) is 17.3 Å². The standard InChI is InChI=1S/C29H32N2O7S/c1-31-20(13-18-7-4-5-8-22(18)31)16-21(30)29(34)38-12-6-11-37-28(33)10-9-23(32)27-15-19-14-24(35-2)25(36-3)17-26(19)39-27/h4-5,7-8,13-15,17,21H,6,9-12,16,30H2,1-3H3/t21-/m0/s1. The third-order valence-corrected chi connectivity index (χ3v) is 7.57. The Kier molecular flexibility index (Phi) is 9.21. The predicted molar refractivity (Wildman–Crippen MR) is 150 cm³/mol. The van der Waals surface area contributed by atoms with Crippen molar-refractivity contribution in [1.82, 2.24) is 4.57 Å². The summed E-state index contributed by atoms with van der Waals surface area (Å²) < 4.78 is 24.0. The van der Waals surface area contributed by atoms with Crippen molar-refractivity contribution in [3.05, 3.63) is 59.1 Å². The van der Waals surface area contributed by atoms with Gasteiger partial charge in [0.25, 0.3) is 0 Å². The second-order valence-electron chi connectivity index (χ2n) is 9.08. The van der Waals surface area contributed by atoms with Gasteiger partial charge >= 0.3 is 11.9 Å². The van der Waals surface area contributed by atoms with Crippen LogP contribution in [0.15, 0.2) is 48.5 Å². The highest BCUT2D eigenvalue weighted by Gasteiger charge is 2.19. The molecule has 0 saturated heterocycles. The fraction of sp³-hybridized carbons (Fsp3) is 0.345. The lowest BCUT2D eigenvalue weighted by molar-refractivity contribution is -0.147. The molecule has 9 nitrogen and oxygen atoms in total. The van der Waals surface area contributed by atoms with Gasteiger partial charge in [-0.3, -0.25) is 14.4 Å². The zero-order chi connectivity index (χ0) is 27.9. The highest BCUT2D eigenvalue weighted by molar-refractivity contribution is 7.20. The average molecular weight is 553 g/mol. The Morgan fingerprint density at radius 1 is 0.923 bits per heavy atom. The third kappa shape index (κ3) is 6.76. The molecule has 2 aromatic heterocycles. The van der Waals surface area contributed by atoms with Crippen LogP contribution in [0.1, 0.15) is 34.6 Å². The molecule has 10 heteroatoms. The van der Waals surface area contributed by atoms with Crippen molar-refractivity contribution in [3.8, 4) is 11.5 Å². The SMILES string of the molecule is COc1cc2cc(C(=O)CCC(=O)OCCCOC(=O)[C@@H](N)Cc3cc4ccccc4n3C)sc2cc1OC. The number of ketones is 1. The van der Waals surface area contributed by atoms with E-state index in [-0.39, 0.29) is 31.8 Å². The quantitative estimate of drug-likeness (QED) is 0.147. The maximum atomic E-state index is 12.6. The fourth-order valence-electron chi connectivity index (χ4n) is 4.29. The van der Waals surface area contributed by atoms with E-state index in [9.17, 15) is 14.4 Å². The van der Waals surface area contributed by atoms with Crippen LogP contribution >= 0.6 is 11.3 Å². The molecular formula is C29H32N2O7S. The average Bonchev–Trinajstić information content (AvgIpc) is 3.50. The zero-order valence-corrected chi connectivity index (χ0v) is 23.0. The minimum absolute atomic E-state index is 0.0323. The van der Waals surface area contributed by atoms with Crippen LogP contribution in [-0.2, 0) is 32.5 Å². The molecule has 0 unspecified atom stereocenters. The lowest BCUT2D eigenvalue weighted by atomic mass is 10.1. The highest BCUT2D eigenvalue weighted by Crippen LogP contribution is 2.36. The van der Waals surface area contributed by atoms with E-state index in [1.165, 1.54) is 11.3 Å². The number of ether oxygens (including phenoxy) is 4. The topological polar surface area (TPSA) is 119 Å². The molecule has 0 fully saturated rings. The molecule has 2 aromatic carbocycles. The number of methoxy groups -OCH3 is 2. The first-order valence-electron chi connectivity index (χ1n) is 12.6. The smallest absolute Gasteiger partial charge is 0.323 e. The van der Waals surface area contributed by atoms with Gasteiger partial charge in [0, 0.05) is 48.3 Å². The van der Waals surface area contributed by atoms with Crippen LogP contribution in [0.25, 0.3) is 21.0 Å². The summed E-state index contributed by atoms with van der Waals surface area (Å²) in [6, 6.07) is 14.6. The number of Topliss-reactive ketones (excluding diaryl/α,β-unsaturated/α-hetero) is 1. The van der Waals surface area contributed by atoms with Crippen molar-refractivity contribution in [2.45, 2.75) is 31.7 Å². The number of aryl methyl sites for hydroxylation is 1. The number of fused-ring (bicyclic) bond motifs is 2. The highest BCUT2D eigenvalue weighted by atomic mass is 32.1. The molecule has 206 valence electrons. The van der Waals surface area contributed by atoms with Crippen molar-refractivity contribution in [2.24, 2.45) is 12.8 Å². The largest absolute Gasteiger partial charge is 0.493 e. The Balaban J connectivity index is 1.15. The van der Waals surface area contributed by atoms with E-state index < -0.39 is 18.0 Å². The Bertz CT molecular complexity index is 1450. The minimum atomic E-state index is -0.794. The third-order valence-electron chi connectivity index (χ3n) is 6.43. The summed E-state index contributed by atoms with van der Waals surface area (Å²) in [7, 11) is 5.05. The number of benzene rings is 2. The van der Waals surface area contributed by atoms with E-state index in [2.05, 4.69) is 0 Å². The predicted octanol–water partition coefficient (Wildman–Crippen LogP) is 4.42. The molecule has 1 atom stereocenters. The number of aromatic nitrogens is 1. The second kappa shape index (κ2) is 12.8. The van der Waals surface area contributed by atoms with Crippen molar-refractivity contribution >= 4 is 50.0 Å². The summed E-state index contributed by atoms with van der Waals surface area (Å²) in [5.41, 5.74) is 8.07. The van der Waals surface area contributed by atoms with E-state index in [4.69, 9.17) is 24.7 Å². The molecule has 0 aliphatic carbocycles. The Hall–Kier alpha value is -3.89. The Morgan fingerprint density at radius 2 is 1.64 bits per heavy atom. The molecular weight excluding hydrogens is 520 g/mol. The fourth-order valence-corrected chi connectivity index (χ4v) is 5.33. The van der Waals surface area contributed by atoms with Crippen molar-refractivity contribution in [1.29, 1.82) is 0 Å². The first-order valence-corrected chi connectivity index (χ1v) is 13.4. The van der Waals surface area contributed by atoms with Gasteiger partial charge in [0.1, 0.15) is 6.04 Å². The summed E-state index contributed by atoms with van der Waals surface area (Å²) >= 11 is 1.34. The molecule has 2 heterocycles. The number of hydrogen-bond acceptors (Lipinski definition) is 9. The minimum Gasteiger partial charge on any atom is -0.493 e. The van der Waals surface area contributed by atoms with Crippen LogP contribution in [0.3, 0.4) is 0 Å². The number of thiophene rings is 1. The number of esters is 2. The summed E-state index contributed by atoms with van der Waals surface area (Å²) in [4.78, 5) is 37.6. The van der Waals surface area contributed by atoms with Crippen LogP contribution in [-0.4, -0.2) is 55.8 Å². The monoisotopic (exact) mass is 552 g/mol. The normalized spacial score (nSPS) is 11.9. The van der Waals surface area contributed by atoms with Crippen LogP contribution in [0, 0.1) is 0 Å². The van der Waals surface area contributed by atoms with Crippen LogP contribution < -0.4 is 15.2 Å². The van der Waals surface area contributed by atoms with E-state index in [1.54, 1.807) is 20.3 Å². The molecule has 0 bridgehead atoms. The van der Waals surface area contributed by atoms with E-state index in [1.807, 2.05) is 54.1 Å². The molecule has 0 spiro atoms. The van der Waals surface area contributed by atoms with Crippen LogP contribution in [0.5, 0.6) is 11.5 Å². The summed E-state index contributed by atoms with van der Waals surface area (Å²) in [6.45, 7) is 0.170. The maximum Gasteiger partial charge on any atom is 0.323 e. The molecule has 4 aromatic rings. The number of rotatable bonds is 13. The molecule has 39 heavy (non-hydrogen) atoms. The number of hydrogen-bond donors (Lipinski definition) is 1. The lowest BCUT2D eigenvalue weighted by Crippen LogP contribution is -2.35. The van der Waals surface area contributed by atoms with Crippen LogP contribution in [0.4, 0.5) is 0 Å². The van der Waals surface area contributed by atoms with Gasteiger partial charge in [-0.15, -0.1) is 11.3 Å². The molecule has 0 radical (unpaired) electrons. The second-order valence-corrected chi connectivity index (χ2v) is 10.2. The number of nitrogens with zero attached hydrogens (tertiary/aromatic N) is 1. The van der Waals surface area contributed by atoms with E-state index >= 15 is 0 Å². The zero-order valence-electron chi connectivity index (χ0n) is 22.2.